The van der Waals surface area contributed by atoms with E-state index >= 15 is 0 Å². The van der Waals surface area contributed by atoms with Gasteiger partial charge in [-0.05, 0) is 30.7 Å². The molecule has 0 amide bonds. The lowest BCUT2D eigenvalue weighted by Gasteiger charge is -2.12. The van der Waals surface area contributed by atoms with Crippen molar-refractivity contribution in [3.05, 3.63) is 54.2 Å². The van der Waals surface area contributed by atoms with Crippen LogP contribution < -0.4 is 10.6 Å². The number of pyridine rings is 1. The predicted molar refractivity (Wildman–Crippen MR) is 104 cm³/mol. The van der Waals surface area contributed by atoms with Crippen LogP contribution in [0, 0.1) is 0 Å². The molecule has 0 aliphatic rings. The van der Waals surface area contributed by atoms with Crippen molar-refractivity contribution in [1.82, 2.24) is 15.6 Å². The molecule has 6 heteroatoms. The summed E-state index contributed by atoms with van der Waals surface area (Å²) >= 11 is 0. The molecule has 0 aromatic carbocycles. The zero-order chi connectivity index (χ0) is 15.5. The van der Waals surface area contributed by atoms with E-state index in [-0.39, 0.29) is 24.0 Å². The predicted octanol–water partition coefficient (Wildman–Crippen LogP) is 3.02. The highest BCUT2D eigenvalue weighted by Crippen LogP contribution is 1.99. The first kappa shape index (κ1) is 19.5. The molecule has 0 bridgehead atoms. The topological polar surface area (TPSA) is 62.5 Å². The fraction of sp³-hybridized carbons (Fsp3) is 0.412. The fourth-order valence-corrected chi connectivity index (χ4v) is 2.01. The van der Waals surface area contributed by atoms with Crippen LogP contribution in [0.5, 0.6) is 0 Å². The monoisotopic (exact) mass is 428 g/mol. The van der Waals surface area contributed by atoms with Crippen molar-refractivity contribution in [3.8, 4) is 0 Å². The number of aromatic nitrogens is 1. The summed E-state index contributed by atoms with van der Waals surface area (Å²) in [4.78, 5) is 8.86. The quantitative estimate of drug-likeness (QED) is 0.386. The lowest BCUT2D eigenvalue weighted by molar-refractivity contribution is 0.506. The number of hydrogen-bond donors (Lipinski definition) is 2. The molecule has 5 nitrogen and oxygen atoms in total. The summed E-state index contributed by atoms with van der Waals surface area (Å²) < 4.78 is 5.33. The highest BCUT2D eigenvalue weighted by atomic mass is 127. The number of guanidine groups is 1. The number of aliphatic imine (C=N–C) groups is 1. The van der Waals surface area contributed by atoms with E-state index in [1.54, 1.807) is 6.26 Å². The Morgan fingerprint density at radius 2 is 1.96 bits per heavy atom. The zero-order valence-electron chi connectivity index (χ0n) is 13.5. The fourth-order valence-electron chi connectivity index (χ4n) is 2.01. The smallest absolute Gasteiger partial charge is 0.191 e. The van der Waals surface area contributed by atoms with Crippen LogP contribution in [0.4, 0.5) is 0 Å². The highest BCUT2D eigenvalue weighted by molar-refractivity contribution is 14.0. The van der Waals surface area contributed by atoms with E-state index in [2.05, 4.69) is 27.5 Å². The van der Waals surface area contributed by atoms with Crippen LogP contribution in [0.3, 0.4) is 0 Å². The third-order valence-electron chi connectivity index (χ3n) is 3.14. The van der Waals surface area contributed by atoms with Crippen molar-refractivity contribution in [3.63, 3.8) is 0 Å². The molecular formula is C17H25IN4O. The second-order valence-corrected chi connectivity index (χ2v) is 4.98. The Morgan fingerprint density at radius 1 is 1.13 bits per heavy atom. The van der Waals surface area contributed by atoms with Crippen LogP contribution in [0.2, 0.25) is 0 Å². The molecule has 0 atom stereocenters. The van der Waals surface area contributed by atoms with Crippen LogP contribution in [0.15, 0.2) is 52.2 Å². The molecule has 0 aliphatic carbocycles. The Morgan fingerprint density at radius 3 is 2.61 bits per heavy atom. The van der Waals surface area contributed by atoms with Crippen LogP contribution >= 0.6 is 24.0 Å². The van der Waals surface area contributed by atoms with Crippen molar-refractivity contribution in [2.45, 2.75) is 26.2 Å². The number of halogens is 1. The molecule has 2 rings (SSSR count). The van der Waals surface area contributed by atoms with E-state index in [4.69, 9.17) is 4.42 Å². The van der Waals surface area contributed by atoms with Crippen LogP contribution in [-0.2, 0) is 12.8 Å². The molecule has 23 heavy (non-hydrogen) atoms. The summed E-state index contributed by atoms with van der Waals surface area (Å²) in [6, 6.07) is 9.87. The molecular weight excluding hydrogens is 403 g/mol. The lowest BCUT2D eigenvalue weighted by atomic mass is 10.3. The summed E-state index contributed by atoms with van der Waals surface area (Å²) in [5.74, 6) is 1.83. The van der Waals surface area contributed by atoms with Crippen molar-refractivity contribution >= 4 is 29.9 Å². The molecule has 0 spiro atoms. The maximum Gasteiger partial charge on any atom is 0.191 e. The summed E-state index contributed by atoms with van der Waals surface area (Å²) in [6.07, 6.45) is 6.28. The van der Waals surface area contributed by atoms with Crippen molar-refractivity contribution < 1.29 is 4.42 Å². The summed E-state index contributed by atoms with van der Waals surface area (Å²) in [5.41, 5.74) is 1.08. The van der Waals surface area contributed by atoms with Crippen molar-refractivity contribution in [2.24, 2.45) is 4.99 Å². The Labute approximate surface area is 155 Å². The van der Waals surface area contributed by atoms with Gasteiger partial charge in [-0.15, -0.1) is 24.0 Å². The second-order valence-electron chi connectivity index (χ2n) is 4.98. The van der Waals surface area contributed by atoms with E-state index in [1.807, 2.05) is 36.5 Å². The summed E-state index contributed by atoms with van der Waals surface area (Å²) in [6.45, 7) is 4.55. The average molecular weight is 428 g/mol. The minimum absolute atomic E-state index is 0. The summed E-state index contributed by atoms with van der Waals surface area (Å²) in [5, 5.41) is 6.69. The standard InChI is InChI=1S/C17H24N4O.HI/c1-2-10-19-17(21-13-9-16-7-5-14-22-16)20-12-8-15-6-3-4-11-18-15;/h3-7,11,14H,2,8-10,12-13H2,1H3,(H2,19,20,21);1H. The van der Waals surface area contributed by atoms with E-state index in [0.717, 1.165) is 56.3 Å². The first-order chi connectivity index (χ1) is 10.9. The third-order valence-corrected chi connectivity index (χ3v) is 3.14. The van der Waals surface area contributed by atoms with E-state index in [9.17, 15) is 0 Å². The van der Waals surface area contributed by atoms with Crippen LogP contribution in [0.25, 0.3) is 0 Å². The number of nitrogens with one attached hydrogen (secondary N) is 2. The third kappa shape index (κ3) is 8.01. The highest BCUT2D eigenvalue weighted by Gasteiger charge is 2.00. The molecule has 126 valence electrons. The largest absolute Gasteiger partial charge is 0.469 e. The summed E-state index contributed by atoms with van der Waals surface area (Å²) in [7, 11) is 0. The van der Waals surface area contributed by atoms with Gasteiger partial charge in [0.25, 0.3) is 0 Å². The van der Waals surface area contributed by atoms with Gasteiger partial charge in [0.2, 0.25) is 0 Å². The van der Waals surface area contributed by atoms with Gasteiger partial charge in [0, 0.05) is 44.4 Å². The molecule has 0 saturated carbocycles. The van der Waals surface area contributed by atoms with E-state index < -0.39 is 0 Å². The Kier molecular flexibility index (Phi) is 10.1. The van der Waals surface area contributed by atoms with Gasteiger partial charge in [-0.3, -0.25) is 9.98 Å². The van der Waals surface area contributed by atoms with Crippen LogP contribution in [-0.4, -0.2) is 30.6 Å². The number of nitrogens with zero attached hydrogens (tertiary/aromatic N) is 2. The second kappa shape index (κ2) is 11.9. The zero-order valence-corrected chi connectivity index (χ0v) is 15.8. The van der Waals surface area contributed by atoms with Gasteiger partial charge in [-0.2, -0.15) is 0 Å². The Hall–Kier alpha value is -1.57. The maximum atomic E-state index is 5.33. The van der Waals surface area contributed by atoms with Crippen molar-refractivity contribution in [2.75, 3.05) is 19.6 Å². The molecule has 0 unspecified atom stereocenters. The maximum absolute atomic E-state index is 5.33. The van der Waals surface area contributed by atoms with E-state index in [1.165, 1.54) is 0 Å². The minimum atomic E-state index is 0. The molecule has 0 fully saturated rings. The Balaban J connectivity index is 0.00000264. The van der Waals surface area contributed by atoms with Crippen molar-refractivity contribution in [1.29, 1.82) is 0 Å². The molecule has 2 heterocycles. The van der Waals surface area contributed by atoms with Gasteiger partial charge in [0.05, 0.1) is 6.26 Å². The van der Waals surface area contributed by atoms with Gasteiger partial charge < -0.3 is 15.1 Å². The SMILES string of the molecule is CCCN=C(NCCc1ccccn1)NCCc1ccco1.I. The lowest BCUT2D eigenvalue weighted by Crippen LogP contribution is -2.39. The van der Waals surface area contributed by atoms with Gasteiger partial charge in [-0.1, -0.05) is 13.0 Å². The number of furan rings is 1. The molecule has 0 radical (unpaired) electrons. The first-order valence-electron chi connectivity index (χ1n) is 7.83. The number of hydrogen-bond acceptors (Lipinski definition) is 3. The van der Waals surface area contributed by atoms with Gasteiger partial charge in [0.15, 0.2) is 5.96 Å². The Bertz CT molecular complexity index is 543. The molecule has 0 saturated heterocycles. The average Bonchev–Trinajstić information content (AvgIpc) is 3.06. The molecule has 2 N–H and O–H groups in total. The van der Waals surface area contributed by atoms with Gasteiger partial charge in [-0.25, -0.2) is 0 Å². The number of rotatable bonds is 8. The van der Waals surface area contributed by atoms with Gasteiger partial charge >= 0.3 is 0 Å². The minimum Gasteiger partial charge on any atom is -0.469 e. The molecule has 0 aliphatic heterocycles. The normalized spacial score (nSPS) is 10.9. The first-order valence-corrected chi connectivity index (χ1v) is 7.83. The molecule has 2 aromatic heterocycles. The van der Waals surface area contributed by atoms with Crippen LogP contribution in [0.1, 0.15) is 24.8 Å². The molecule has 2 aromatic rings. The van der Waals surface area contributed by atoms with Gasteiger partial charge in [0.1, 0.15) is 5.76 Å². The van der Waals surface area contributed by atoms with E-state index in [0.29, 0.717) is 0 Å².